The molecule has 1 rings (SSSR count). The highest BCUT2D eigenvalue weighted by molar-refractivity contribution is 5.73. The first-order chi connectivity index (χ1) is 4.89. The minimum atomic E-state index is -2.55. The fraction of sp³-hybridized carbons (Fsp3) is 0.857. The van der Waals surface area contributed by atoms with Crippen LogP contribution in [0.4, 0.5) is 8.78 Å². The molecule has 11 heavy (non-hydrogen) atoms. The summed E-state index contributed by atoms with van der Waals surface area (Å²) in [6, 6.07) is 0. The molecule has 0 amide bonds. The molecule has 4 heteroatoms. The van der Waals surface area contributed by atoms with Crippen LogP contribution in [0, 0.1) is 17.3 Å². The van der Waals surface area contributed by atoms with Gasteiger partial charge in [-0.2, -0.15) is 0 Å². The standard InChI is InChI=1S/C7H10F2O2/c1-7(2)3(5(8)9)4(7)6(10)11/h3-5H,1-2H3,(H,10,11)/p-1/t3-,4+/m1/s1. The smallest absolute Gasteiger partial charge is 0.242 e. The van der Waals surface area contributed by atoms with Crippen LogP contribution in [-0.4, -0.2) is 12.4 Å². The average molecular weight is 163 g/mol. The summed E-state index contributed by atoms with van der Waals surface area (Å²) in [5, 5.41) is 10.2. The van der Waals surface area contributed by atoms with Crippen molar-refractivity contribution in [2.45, 2.75) is 20.3 Å². The van der Waals surface area contributed by atoms with Crippen LogP contribution in [0.3, 0.4) is 0 Å². The summed E-state index contributed by atoms with van der Waals surface area (Å²) in [5.41, 5.74) is -0.785. The van der Waals surface area contributed by atoms with Gasteiger partial charge in [0.25, 0.3) is 0 Å². The lowest BCUT2D eigenvalue weighted by Gasteiger charge is -2.01. The molecule has 1 aliphatic rings. The summed E-state index contributed by atoms with van der Waals surface area (Å²) in [4.78, 5) is 10.2. The second kappa shape index (κ2) is 2.16. The third kappa shape index (κ3) is 1.10. The van der Waals surface area contributed by atoms with Crippen LogP contribution in [-0.2, 0) is 4.79 Å². The molecule has 0 bridgehead atoms. The van der Waals surface area contributed by atoms with Gasteiger partial charge in [-0.05, 0) is 5.41 Å². The van der Waals surface area contributed by atoms with Crippen molar-refractivity contribution in [1.29, 1.82) is 0 Å². The van der Waals surface area contributed by atoms with Crippen molar-refractivity contribution in [3.05, 3.63) is 0 Å². The van der Waals surface area contributed by atoms with E-state index in [4.69, 9.17) is 0 Å². The molecule has 0 N–H and O–H groups in total. The summed E-state index contributed by atoms with van der Waals surface area (Å²) in [6.07, 6.45) is -2.55. The topological polar surface area (TPSA) is 40.1 Å². The maximum Gasteiger partial charge on any atom is 0.242 e. The number of rotatable bonds is 2. The highest BCUT2D eigenvalue weighted by atomic mass is 19.3. The minimum Gasteiger partial charge on any atom is -0.550 e. The molecule has 2 atom stereocenters. The molecule has 2 nitrogen and oxygen atoms in total. The molecular formula is C7H9F2O2-. The van der Waals surface area contributed by atoms with Crippen LogP contribution < -0.4 is 5.11 Å². The van der Waals surface area contributed by atoms with Gasteiger partial charge in [0.2, 0.25) is 6.43 Å². The summed E-state index contributed by atoms with van der Waals surface area (Å²) >= 11 is 0. The third-order valence-corrected chi connectivity index (χ3v) is 2.44. The van der Waals surface area contributed by atoms with Gasteiger partial charge in [-0.15, -0.1) is 0 Å². The summed E-state index contributed by atoms with van der Waals surface area (Å²) in [7, 11) is 0. The van der Waals surface area contributed by atoms with Crippen LogP contribution in [0.2, 0.25) is 0 Å². The lowest BCUT2D eigenvalue weighted by atomic mass is 10.1. The molecule has 1 fully saturated rings. The van der Waals surface area contributed by atoms with Crippen LogP contribution in [0.15, 0.2) is 0 Å². The van der Waals surface area contributed by atoms with E-state index in [9.17, 15) is 18.7 Å². The Labute approximate surface area is 63.2 Å². The van der Waals surface area contributed by atoms with E-state index in [0.29, 0.717) is 0 Å². The van der Waals surface area contributed by atoms with E-state index in [2.05, 4.69) is 0 Å². The molecule has 0 heterocycles. The Morgan fingerprint density at radius 1 is 1.55 bits per heavy atom. The molecule has 0 aromatic carbocycles. The molecule has 1 aliphatic carbocycles. The van der Waals surface area contributed by atoms with E-state index >= 15 is 0 Å². The number of carboxylic acids is 1. The van der Waals surface area contributed by atoms with Crippen LogP contribution in [0.25, 0.3) is 0 Å². The predicted molar refractivity (Wildman–Crippen MR) is 31.8 cm³/mol. The number of carbonyl (C=O) groups excluding carboxylic acids is 1. The molecule has 0 aromatic heterocycles. The first kappa shape index (κ1) is 8.43. The minimum absolute atomic E-state index is 0.785. The summed E-state index contributed by atoms with van der Waals surface area (Å²) in [5.74, 6) is -3.35. The Bertz CT molecular complexity index is 189. The largest absolute Gasteiger partial charge is 0.550 e. The van der Waals surface area contributed by atoms with Gasteiger partial charge in [0.15, 0.2) is 0 Å². The van der Waals surface area contributed by atoms with Gasteiger partial charge in [0, 0.05) is 17.8 Å². The fourth-order valence-corrected chi connectivity index (χ4v) is 1.60. The third-order valence-electron chi connectivity index (χ3n) is 2.44. The normalized spacial score (nSPS) is 33.9. The summed E-state index contributed by atoms with van der Waals surface area (Å²) < 4.78 is 24.1. The molecule has 0 spiro atoms. The zero-order chi connectivity index (χ0) is 8.81. The van der Waals surface area contributed by atoms with Gasteiger partial charge in [-0.3, -0.25) is 0 Å². The number of aliphatic carboxylic acids is 1. The second-order valence-electron chi connectivity index (χ2n) is 3.48. The van der Waals surface area contributed by atoms with Crippen molar-refractivity contribution < 1.29 is 18.7 Å². The molecule has 0 radical (unpaired) electrons. The van der Waals surface area contributed by atoms with Gasteiger partial charge in [0.1, 0.15) is 0 Å². The predicted octanol–water partition coefficient (Wildman–Crippen LogP) is 0.274. The lowest BCUT2D eigenvalue weighted by Crippen LogP contribution is -2.26. The van der Waals surface area contributed by atoms with Gasteiger partial charge in [-0.25, -0.2) is 8.78 Å². The van der Waals surface area contributed by atoms with Crippen molar-refractivity contribution in [2.75, 3.05) is 0 Å². The number of carbonyl (C=O) groups is 1. The van der Waals surface area contributed by atoms with E-state index in [-0.39, 0.29) is 0 Å². The van der Waals surface area contributed by atoms with Gasteiger partial charge in [-0.1, -0.05) is 13.8 Å². The van der Waals surface area contributed by atoms with Crippen LogP contribution in [0.1, 0.15) is 13.8 Å². The second-order valence-corrected chi connectivity index (χ2v) is 3.48. The summed E-state index contributed by atoms with van der Waals surface area (Å²) in [6.45, 7) is 3.04. The number of hydrogen-bond donors (Lipinski definition) is 0. The first-order valence-electron chi connectivity index (χ1n) is 3.38. The number of carboxylic acid groups (broad SMARTS) is 1. The van der Waals surface area contributed by atoms with Crippen LogP contribution >= 0.6 is 0 Å². The van der Waals surface area contributed by atoms with Crippen molar-refractivity contribution >= 4 is 5.97 Å². The van der Waals surface area contributed by atoms with Gasteiger partial charge < -0.3 is 9.90 Å². The highest BCUT2D eigenvalue weighted by Crippen LogP contribution is 2.60. The number of hydrogen-bond acceptors (Lipinski definition) is 2. The average Bonchev–Trinajstić information content (AvgIpc) is 2.33. The maximum absolute atomic E-state index is 12.0. The molecular weight excluding hydrogens is 154 g/mol. The van der Waals surface area contributed by atoms with Crippen LogP contribution in [0.5, 0.6) is 0 Å². The molecule has 0 unspecified atom stereocenters. The van der Waals surface area contributed by atoms with E-state index in [1.54, 1.807) is 0 Å². The monoisotopic (exact) mass is 163 g/mol. The Kier molecular flexibility index (Phi) is 1.65. The first-order valence-corrected chi connectivity index (χ1v) is 3.38. The zero-order valence-corrected chi connectivity index (χ0v) is 6.30. The molecule has 1 saturated carbocycles. The maximum atomic E-state index is 12.0. The Morgan fingerprint density at radius 2 is 2.00 bits per heavy atom. The lowest BCUT2D eigenvalue weighted by molar-refractivity contribution is -0.309. The van der Waals surface area contributed by atoms with E-state index in [0.717, 1.165) is 0 Å². The van der Waals surface area contributed by atoms with E-state index in [1.807, 2.05) is 0 Å². The molecule has 0 aliphatic heterocycles. The molecule has 64 valence electrons. The highest BCUT2D eigenvalue weighted by Gasteiger charge is 2.62. The Hall–Kier alpha value is -0.670. The van der Waals surface area contributed by atoms with E-state index in [1.165, 1.54) is 13.8 Å². The van der Waals surface area contributed by atoms with Gasteiger partial charge in [0.05, 0.1) is 0 Å². The van der Waals surface area contributed by atoms with Crippen molar-refractivity contribution in [1.82, 2.24) is 0 Å². The number of alkyl halides is 2. The van der Waals surface area contributed by atoms with Crippen molar-refractivity contribution in [3.63, 3.8) is 0 Å². The van der Waals surface area contributed by atoms with Crippen molar-refractivity contribution in [2.24, 2.45) is 17.3 Å². The Balaban J connectivity index is 2.68. The van der Waals surface area contributed by atoms with E-state index < -0.39 is 29.6 Å². The fourth-order valence-electron chi connectivity index (χ4n) is 1.60. The zero-order valence-electron chi connectivity index (χ0n) is 6.30. The number of halogens is 2. The molecule has 0 aromatic rings. The van der Waals surface area contributed by atoms with Gasteiger partial charge >= 0.3 is 0 Å². The van der Waals surface area contributed by atoms with Crippen molar-refractivity contribution in [3.8, 4) is 0 Å². The SMILES string of the molecule is CC1(C)[C@H](C(=O)[O-])[C@@H]1C(F)F. The quantitative estimate of drug-likeness (QED) is 0.586. The Morgan fingerprint density at radius 3 is 2.09 bits per heavy atom. The molecule has 0 saturated heterocycles.